The molecule has 6 heteroatoms. The van der Waals surface area contributed by atoms with Crippen LogP contribution in [0.15, 0.2) is 29.4 Å². The molecule has 24 heavy (non-hydrogen) atoms. The van der Waals surface area contributed by atoms with Gasteiger partial charge in [-0.25, -0.2) is 4.98 Å². The molecule has 4 rings (SSSR count). The van der Waals surface area contributed by atoms with Gasteiger partial charge in [0.05, 0.1) is 6.54 Å². The summed E-state index contributed by atoms with van der Waals surface area (Å²) in [6, 6.07) is 5.79. The summed E-state index contributed by atoms with van der Waals surface area (Å²) in [7, 11) is 1.88. The van der Waals surface area contributed by atoms with Gasteiger partial charge in [-0.3, -0.25) is 4.99 Å². The van der Waals surface area contributed by atoms with Gasteiger partial charge >= 0.3 is 0 Å². The Labute approximate surface area is 161 Å². The van der Waals surface area contributed by atoms with Gasteiger partial charge in [-0.2, -0.15) is 0 Å². The Hall–Kier alpha value is -1.05. The molecule has 2 heterocycles. The minimum absolute atomic E-state index is 0. The van der Waals surface area contributed by atoms with E-state index in [1.807, 2.05) is 25.2 Å². The molecule has 1 aromatic rings. The Morgan fingerprint density at radius 3 is 2.83 bits per heavy atom. The van der Waals surface area contributed by atoms with E-state index >= 15 is 0 Å². The zero-order valence-corrected chi connectivity index (χ0v) is 16.6. The molecule has 1 unspecified atom stereocenters. The van der Waals surface area contributed by atoms with E-state index in [4.69, 9.17) is 4.74 Å². The molecule has 0 spiro atoms. The molecule has 0 aromatic carbocycles. The van der Waals surface area contributed by atoms with E-state index in [2.05, 4.69) is 20.2 Å². The maximum Gasteiger partial charge on any atom is 0.213 e. The summed E-state index contributed by atoms with van der Waals surface area (Å²) in [6.45, 7) is 2.97. The van der Waals surface area contributed by atoms with Crippen LogP contribution in [0.4, 0.5) is 0 Å². The molecule has 3 aliphatic rings. The number of aliphatic imine (C=N–C) groups is 1. The fourth-order valence-electron chi connectivity index (χ4n) is 3.78. The highest BCUT2D eigenvalue weighted by molar-refractivity contribution is 14.0. The number of ether oxygens (including phenoxy) is 1. The van der Waals surface area contributed by atoms with Crippen molar-refractivity contribution in [2.75, 3.05) is 26.7 Å². The number of hydrogen-bond donors (Lipinski definition) is 1. The number of nitrogens with zero attached hydrogens (tertiary/aromatic N) is 3. The number of likely N-dealkylation sites (tertiary alicyclic amines) is 1. The molecule has 1 aliphatic heterocycles. The molecule has 1 N–H and O–H groups in total. The number of halogens is 1. The third kappa shape index (κ3) is 3.95. The van der Waals surface area contributed by atoms with Gasteiger partial charge in [0.25, 0.3) is 0 Å². The fourth-order valence-corrected chi connectivity index (χ4v) is 3.78. The maximum atomic E-state index is 5.97. The van der Waals surface area contributed by atoms with E-state index in [-0.39, 0.29) is 30.1 Å². The van der Waals surface area contributed by atoms with E-state index in [1.54, 1.807) is 6.20 Å². The normalized spacial score (nSPS) is 25.1. The minimum Gasteiger partial charge on any atom is -0.472 e. The highest BCUT2D eigenvalue weighted by Crippen LogP contribution is 2.60. The molecular weight excluding hydrogens is 415 g/mol. The first-order valence-corrected chi connectivity index (χ1v) is 8.82. The van der Waals surface area contributed by atoms with Crippen molar-refractivity contribution < 1.29 is 4.74 Å². The molecule has 5 nitrogen and oxygen atoms in total. The molecule has 1 saturated heterocycles. The van der Waals surface area contributed by atoms with Crippen LogP contribution in [0.2, 0.25) is 0 Å². The van der Waals surface area contributed by atoms with Crippen molar-refractivity contribution in [3.05, 3.63) is 24.4 Å². The average Bonchev–Trinajstić information content (AvgIpc) is 3.48. The predicted molar refractivity (Wildman–Crippen MR) is 106 cm³/mol. The van der Waals surface area contributed by atoms with Crippen LogP contribution in [0.1, 0.15) is 32.1 Å². The van der Waals surface area contributed by atoms with Crippen molar-refractivity contribution in [1.82, 2.24) is 15.2 Å². The third-order valence-electron chi connectivity index (χ3n) is 5.52. The Kier molecular flexibility index (Phi) is 5.52. The minimum atomic E-state index is 0. The zero-order valence-electron chi connectivity index (χ0n) is 14.3. The Morgan fingerprint density at radius 2 is 2.21 bits per heavy atom. The number of guanidine groups is 1. The van der Waals surface area contributed by atoms with Gasteiger partial charge in [0.2, 0.25) is 5.88 Å². The van der Waals surface area contributed by atoms with E-state index in [9.17, 15) is 0 Å². The molecule has 0 bridgehead atoms. The van der Waals surface area contributed by atoms with E-state index < -0.39 is 0 Å². The van der Waals surface area contributed by atoms with Gasteiger partial charge in [-0.05, 0) is 43.1 Å². The smallest absolute Gasteiger partial charge is 0.213 e. The number of aromatic nitrogens is 1. The molecular formula is C18H27IN4O. The van der Waals surface area contributed by atoms with Crippen molar-refractivity contribution in [3.8, 4) is 5.88 Å². The van der Waals surface area contributed by atoms with Crippen LogP contribution in [-0.2, 0) is 0 Å². The van der Waals surface area contributed by atoms with Gasteiger partial charge in [-0.1, -0.05) is 6.07 Å². The van der Waals surface area contributed by atoms with E-state index in [0.29, 0.717) is 11.3 Å². The molecule has 1 aromatic heterocycles. The lowest BCUT2D eigenvalue weighted by molar-refractivity contribution is 0.205. The lowest BCUT2D eigenvalue weighted by Crippen LogP contribution is -2.43. The van der Waals surface area contributed by atoms with Crippen LogP contribution in [0.5, 0.6) is 5.88 Å². The van der Waals surface area contributed by atoms with Crippen LogP contribution >= 0.6 is 24.0 Å². The van der Waals surface area contributed by atoms with Crippen LogP contribution in [0.25, 0.3) is 0 Å². The largest absolute Gasteiger partial charge is 0.472 e. The number of nitrogens with one attached hydrogen (secondary N) is 1. The average molecular weight is 442 g/mol. The Bertz CT molecular complexity index is 572. The van der Waals surface area contributed by atoms with Crippen molar-refractivity contribution in [2.24, 2.45) is 16.3 Å². The van der Waals surface area contributed by atoms with E-state index in [1.165, 1.54) is 25.7 Å². The van der Waals surface area contributed by atoms with Gasteiger partial charge in [0.1, 0.15) is 6.10 Å². The van der Waals surface area contributed by atoms with Crippen molar-refractivity contribution in [1.29, 1.82) is 0 Å². The summed E-state index contributed by atoms with van der Waals surface area (Å²) >= 11 is 0. The van der Waals surface area contributed by atoms with Gasteiger partial charge in [0.15, 0.2) is 5.96 Å². The number of hydrogen-bond acceptors (Lipinski definition) is 3. The summed E-state index contributed by atoms with van der Waals surface area (Å²) in [5.41, 5.74) is 0.597. The van der Waals surface area contributed by atoms with Gasteiger partial charge in [0, 0.05) is 38.8 Å². The van der Waals surface area contributed by atoms with Crippen LogP contribution in [0, 0.1) is 11.3 Å². The highest BCUT2D eigenvalue weighted by Gasteiger charge is 2.53. The van der Waals surface area contributed by atoms with Crippen LogP contribution < -0.4 is 10.1 Å². The quantitative estimate of drug-likeness (QED) is 0.433. The molecule has 132 valence electrons. The van der Waals surface area contributed by atoms with Gasteiger partial charge < -0.3 is 15.0 Å². The van der Waals surface area contributed by atoms with Crippen LogP contribution in [0.3, 0.4) is 0 Å². The molecule has 2 saturated carbocycles. The Morgan fingerprint density at radius 1 is 1.38 bits per heavy atom. The summed E-state index contributed by atoms with van der Waals surface area (Å²) < 4.78 is 5.97. The topological polar surface area (TPSA) is 49.8 Å². The fraction of sp³-hybridized carbons (Fsp3) is 0.667. The monoisotopic (exact) mass is 442 g/mol. The lowest BCUT2D eigenvalue weighted by Gasteiger charge is -2.24. The third-order valence-corrected chi connectivity index (χ3v) is 5.52. The zero-order chi connectivity index (χ0) is 15.7. The molecule has 0 radical (unpaired) electrons. The second kappa shape index (κ2) is 7.45. The number of pyridine rings is 1. The second-order valence-corrected chi connectivity index (χ2v) is 7.18. The summed E-state index contributed by atoms with van der Waals surface area (Å²) in [6.07, 6.45) is 8.65. The standard InChI is InChI=1S/C18H26N4O.HI/c1-19-17(21-13-18(8-9-18)14-5-6-14)22-11-7-15(12-22)23-16-4-2-3-10-20-16;/h2-4,10,14-15H,5-9,11-13H2,1H3,(H,19,21);1H. The SMILES string of the molecule is CN=C(NCC1(C2CC2)CC1)N1CCC(Oc2ccccn2)C1.I. The lowest BCUT2D eigenvalue weighted by atomic mass is 10.0. The number of rotatable bonds is 5. The van der Waals surface area contributed by atoms with Crippen molar-refractivity contribution >= 4 is 29.9 Å². The van der Waals surface area contributed by atoms with Crippen LogP contribution in [-0.4, -0.2) is 48.6 Å². The summed E-state index contributed by atoms with van der Waals surface area (Å²) in [4.78, 5) is 11.0. The van der Waals surface area contributed by atoms with Crippen molar-refractivity contribution in [3.63, 3.8) is 0 Å². The molecule has 0 amide bonds. The second-order valence-electron chi connectivity index (χ2n) is 7.18. The molecule has 1 atom stereocenters. The first-order chi connectivity index (χ1) is 11.3. The maximum absolute atomic E-state index is 5.97. The first kappa shape index (κ1) is 17.8. The van der Waals surface area contributed by atoms with E-state index in [0.717, 1.165) is 37.9 Å². The summed E-state index contributed by atoms with van der Waals surface area (Å²) in [5, 5.41) is 3.62. The predicted octanol–water partition coefficient (Wildman–Crippen LogP) is 2.92. The molecule has 2 aliphatic carbocycles. The Balaban J connectivity index is 0.00000169. The summed E-state index contributed by atoms with van der Waals surface area (Å²) in [5.74, 6) is 2.73. The van der Waals surface area contributed by atoms with Gasteiger partial charge in [-0.15, -0.1) is 24.0 Å². The highest BCUT2D eigenvalue weighted by atomic mass is 127. The van der Waals surface area contributed by atoms with Crippen molar-refractivity contribution in [2.45, 2.75) is 38.2 Å². The molecule has 3 fully saturated rings. The first-order valence-electron chi connectivity index (χ1n) is 8.82.